The summed E-state index contributed by atoms with van der Waals surface area (Å²) in [5, 5.41) is 10.1. The summed E-state index contributed by atoms with van der Waals surface area (Å²) in [7, 11) is 1.58. The second-order valence-electron chi connectivity index (χ2n) is 10.5. The van der Waals surface area contributed by atoms with Crippen LogP contribution in [0.3, 0.4) is 0 Å². The summed E-state index contributed by atoms with van der Waals surface area (Å²) in [6.07, 6.45) is 6.52. The van der Waals surface area contributed by atoms with Crippen LogP contribution in [-0.2, 0) is 16.0 Å². The Kier molecular flexibility index (Phi) is 5.08. The Labute approximate surface area is 185 Å². The number of methoxy groups -OCH3 is 1. The SMILES string of the molecule is C=C1CCC[C@]2(C)C[C@H]3OC(=O)[C@@H](CN4CCc5cc(O)c(OC)cc5[C@H]4C)[C@@H]3C[C@@H]12. The van der Waals surface area contributed by atoms with Crippen LogP contribution in [0.2, 0.25) is 0 Å². The molecule has 0 spiro atoms. The zero-order valence-corrected chi connectivity index (χ0v) is 19.0. The van der Waals surface area contributed by atoms with Gasteiger partial charge in [0.15, 0.2) is 11.5 Å². The third-order valence-corrected chi connectivity index (χ3v) is 8.86. The topological polar surface area (TPSA) is 59.0 Å². The van der Waals surface area contributed by atoms with Gasteiger partial charge in [0.05, 0.1) is 13.0 Å². The molecule has 0 bridgehead atoms. The molecule has 1 aromatic carbocycles. The molecule has 1 saturated heterocycles. The zero-order chi connectivity index (χ0) is 21.9. The molecular weight excluding hydrogens is 390 g/mol. The number of fused-ring (bicyclic) bond motifs is 3. The van der Waals surface area contributed by atoms with E-state index in [1.165, 1.54) is 29.5 Å². The lowest BCUT2D eigenvalue weighted by Crippen LogP contribution is -2.46. The van der Waals surface area contributed by atoms with E-state index in [9.17, 15) is 9.90 Å². The summed E-state index contributed by atoms with van der Waals surface area (Å²) in [5.74, 6) is 1.45. The highest BCUT2D eigenvalue weighted by Gasteiger charge is 2.55. The first kappa shape index (κ1) is 20.9. The fourth-order valence-corrected chi connectivity index (χ4v) is 7.02. The number of hydrogen-bond acceptors (Lipinski definition) is 5. The van der Waals surface area contributed by atoms with Crippen molar-refractivity contribution in [2.24, 2.45) is 23.2 Å². The van der Waals surface area contributed by atoms with Gasteiger partial charge >= 0.3 is 5.97 Å². The lowest BCUT2D eigenvalue weighted by molar-refractivity contribution is -0.146. The van der Waals surface area contributed by atoms with Crippen molar-refractivity contribution >= 4 is 5.97 Å². The van der Waals surface area contributed by atoms with Crippen LogP contribution in [0.25, 0.3) is 0 Å². The zero-order valence-electron chi connectivity index (χ0n) is 19.0. The molecule has 2 aliphatic carbocycles. The molecule has 5 heteroatoms. The van der Waals surface area contributed by atoms with Crippen LogP contribution < -0.4 is 4.74 Å². The Morgan fingerprint density at radius 3 is 2.94 bits per heavy atom. The third kappa shape index (κ3) is 3.36. The van der Waals surface area contributed by atoms with Crippen molar-refractivity contribution in [2.75, 3.05) is 20.2 Å². The minimum atomic E-state index is -0.0627. The first-order valence-electron chi connectivity index (χ1n) is 11.8. The van der Waals surface area contributed by atoms with Crippen molar-refractivity contribution in [1.29, 1.82) is 0 Å². The summed E-state index contributed by atoms with van der Waals surface area (Å²) >= 11 is 0. The number of aromatic hydroxyl groups is 1. The number of hydrogen-bond donors (Lipinski definition) is 1. The maximum absolute atomic E-state index is 13.0. The molecular formula is C26H35NO4. The standard InChI is InChI=1S/C26H35NO4/c1-15-6-5-8-26(3)13-24-19(11-21(15)26)20(25(29)31-24)14-27-9-7-17-10-22(28)23(30-4)12-18(17)16(27)2/h10,12,16,19-21,24,28H,1,5-9,11,13-14H2,2-4H3/t16-,19+,20+,21+,24-,26-/m1/s1. The second kappa shape index (κ2) is 7.54. The monoisotopic (exact) mass is 425 g/mol. The number of carbonyl (C=O) groups is 1. The van der Waals surface area contributed by atoms with E-state index >= 15 is 0 Å². The highest BCUT2D eigenvalue weighted by Crippen LogP contribution is 2.57. The predicted octanol–water partition coefficient (Wildman–Crippen LogP) is 4.63. The summed E-state index contributed by atoms with van der Waals surface area (Å²) < 4.78 is 11.3. The van der Waals surface area contributed by atoms with Gasteiger partial charge in [0.2, 0.25) is 0 Å². The predicted molar refractivity (Wildman–Crippen MR) is 119 cm³/mol. The molecule has 4 aliphatic rings. The number of rotatable bonds is 3. The maximum Gasteiger partial charge on any atom is 0.310 e. The number of ether oxygens (including phenoxy) is 2. The molecule has 5 nitrogen and oxygen atoms in total. The van der Waals surface area contributed by atoms with Gasteiger partial charge in [0.1, 0.15) is 6.10 Å². The van der Waals surface area contributed by atoms with Crippen molar-refractivity contribution in [3.05, 3.63) is 35.4 Å². The van der Waals surface area contributed by atoms with Gasteiger partial charge in [0, 0.05) is 25.0 Å². The van der Waals surface area contributed by atoms with Crippen LogP contribution in [0.4, 0.5) is 0 Å². The van der Waals surface area contributed by atoms with Gasteiger partial charge < -0.3 is 14.6 Å². The molecule has 2 aliphatic heterocycles. The van der Waals surface area contributed by atoms with Gasteiger partial charge in [-0.2, -0.15) is 0 Å². The number of esters is 1. The summed E-state index contributed by atoms with van der Waals surface area (Å²) in [6, 6.07) is 3.96. The lowest BCUT2D eigenvalue weighted by Gasteiger charge is -2.50. The number of allylic oxidation sites excluding steroid dienone is 1. The largest absolute Gasteiger partial charge is 0.504 e. The van der Waals surface area contributed by atoms with Crippen LogP contribution in [0.1, 0.15) is 63.1 Å². The average Bonchev–Trinajstić information content (AvgIpc) is 3.02. The van der Waals surface area contributed by atoms with Crippen molar-refractivity contribution < 1.29 is 19.4 Å². The molecule has 2 heterocycles. The fourth-order valence-electron chi connectivity index (χ4n) is 7.02. The molecule has 168 valence electrons. The number of phenols is 1. The Balaban J connectivity index is 1.36. The number of nitrogens with zero attached hydrogens (tertiary/aromatic N) is 1. The minimum Gasteiger partial charge on any atom is -0.504 e. The van der Waals surface area contributed by atoms with Gasteiger partial charge in [-0.3, -0.25) is 9.69 Å². The van der Waals surface area contributed by atoms with E-state index in [0.717, 1.165) is 38.8 Å². The Morgan fingerprint density at radius 2 is 2.16 bits per heavy atom. The fraction of sp³-hybridized carbons (Fsp3) is 0.654. The van der Waals surface area contributed by atoms with Crippen LogP contribution >= 0.6 is 0 Å². The molecule has 0 aromatic heterocycles. The third-order valence-electron chi connectivity index (χ3n) is 8.86. The van der Waals surface area contributed by atoms with E-state index in [2.05, 4.69) is 25.3 Å². The van der Waals surface area contributed by atoms with Crippen molar-refractivity contribution in [3.63, 3.8) is 0 Å². The Hall–Kier alpha value is -2.01. The second-order valence-corrected chi connectivity index (χ2v) is 10.5. The van der Waals surface area contributed by atoms with Gasteiger partial charge in [-0.25, -0.2) is 0 Å². The van der Waals surface area contributed by atoms with Crippen molar-refractivity contribution in [2.45, 2.75) is 64.5 Å². The molecule has 3 fully saturated rings. The van der Waals surface area contributed by atoms with Crippen molar-refractivity contribution in [1.82, 2.24) is 4.90 Å². The van der Waals surface area contributed by atoms with E-state index in [0.29, 0.717) is 17.6 Å². The van der Waals surface area contributed by atoms with Gasteiger partial charge in [0.25, 0.3) is 0 Å². The normalized spacial score (nSPS) is 37.6. The van der Waals surface area contributed by atoms with E-state index in [1.54, 1.807) is 7.11 Å². The van der Waals surface area contributed by atoms with E-state index < -0.39 is 0 Å². The van der Waals surface area contributed by atoms with Crippen LogP contribution in [0, 0.1) is 23.2 Å². The highest BCUT2D eigenvalue weighted by atomic mass is 16.6. The molecule has 31 heavy (non-hydrogen) atoms. The summed E-state index contributed by atoms with van der Waals surface area (Å²) in [5.41, 5.74) is 3.97. The molecule has 0 unspecified atom stereocenters. The van der Waals surface area contributed by atoms with Gasteiger partial charge in [-0.15, -0.1) is 0 Å². The lowest BCUT2D eigenvalue weighted by atomic mass is 9.55. The van der Waals surface area contributed by atoms with E-state index in [1.807, 2.05) is 12.1 Å². The summed E-state index contributed by atoms with van der Waals surface area (Å²) in [4.78, 5) is 15.4. The summed E-state index contributed by atoms with van der Waals surface area (Å²) in [6.45, 7) is 10.6. The van der Waals surface area contributed by atoms with E-state index in [-0.39, 0.29) is 35.2 Å². The van der Waals surface area contributed by atoms with Gasteiger partial charge in [-0.1, -0.05) is 19.1 Å². The minimum absolute atomic E-state index is 0.0101. The first-order chi connectivity index (χ1) is 14.8. The quantitative estimate of drug-likeness (QED) is 0.565. The molecule has 2 saturated carbocycles. The number of carbonyl (C=O) groups excluding carboxylic acids is 1. The van der Waals surface area contributed by atoms with Crippen molar-refractivity contribution in [3.8, 4) is 11.5 Å². The van der Waals surface area contributed by atoms with Crippen LogP contribution in [-0.4, -0.2) is 42.3 Å². The highest BCUT2D eigenvalue weighted by molar-refractivity contribution is 5.75. The average molecular weight is 426 g/mol. The Morgan fingerprint density at radius 1 is 1.35 bits per heavy atom. The van der Waals surface area contributed by atoms with Gasteiger partial charge in [-0.05, 0) is 80.0 Å². The molecule has 5 rings (SSSR count). The number of phenolic OH excluding ortho intramolecular Hbond substituents is 1. The molecule has 1 N–H and O–H groups in total. The Bertz CT molecular complexity index is 911. The molecule has 0 radical (unpaired) electrons. The first-order valence-corrected chi connectivity index (χ1v) is 11.8. The maximum atomic E-state index is 13.0. The molecule has 0 amide bonds. The van der Waals surface area contributed by atoms with Crippen LogP contribution in [0.5, 0.6) is 11.5 Å². The van der Waals surface area contributed by atoms with E-state index in [4.69, 9.17) is 9.47 Å². The molecule has 1 aromatic rings. The number of benzene rings is 1. The molecule has 6 atom stereocenters. The smallest absolute Gasteiger partial charge is 0.310 e. The van der Waals surface area contributed by atoms with Crippen LogP contribution in [0.15, 0.2) is 24.3 Å².